The summed E-state index contributed by atoms with van der Waals surface area (Å²) in [7, 11) is 2.23. The zero-order chi connectivity index (χ0) is 23.7. The first-order valence-electron chi connectivity index (χ1n) is 12.6. The molecule has 2 aliphatic heterocycles. The smallest absolute Gasteiger partial charge is 0.113 e. The van der Waals surface area contributed by atoms with Crippen molar-refractivity contribution in [2.45, 2.75) is 25.7 Å². The fourth-order valence-corrected chi connectivity index (χ4v) is 6.55. The third kappa shape index (κ3) is 2.95. The van der Waals surface area contributed by atoms with Crippen molar-refractivity contribution in [2.24, 2.45) is 5.92 Å². The maximum Gasteiger partial charge on any atom is 0.113 e. The molecule has 0 radical (unpaired) electrons. The highest BCUT2D eigenvalue weighted by Gasteiger charge is 2.42. The first kappa shape index (κ1) is 20.6. The van der Waals surface area contributed by atoms with E-state index in [2.05, 4.69) is 114 Å². The number of rotatable bonds is 0. The Balaban J connectivity index is 1.48. The topological polar surface area (TPSA) is 24.3 Å². The third-order valence-corrected chi connectivity index (χ3v) is 8.03. The van der Waals surface area contributed by atoms with E-state index in [1.165, 1.54) is 45.0 Å². The highest BCUT2D eigenvalue weighted by Crippen LogP contribution is 2.53. The van der Waals surface area contributed by atoms with Gasteiger partial charge in [0, 0.05) is 66.9 Å². The minimum atomic E-state index is -0.0993. The van der Waals surface area contributed by atoms with Crippen molar-refractivity contribution in [3.63, 3.8) is 0 Å². The van der Waals surface area contributed by atoms with Gasteiger partial charge in [-0.2, -0.15) is 0 Å². The number of para-hydroxylation sites is 3. The number of imidazole rings is 1. The molecule has 35 heavy (non-hydrogen) atoms. The van der Waals surface area contributed by atoms with Crippen molar-refractivity contribution in [3.05, 3.63) is 102 Å². The summed E-state index contributed by atoms with van der Waals surface area (Å²) >= 11 is 0. The van der Waals surface area contributed by atoms with Crippen LogP contribution in [0.1, 0.15) is 30.8 Å². The number of aromatic nitrogens is 2. The van der Waals surface area contributed by atoms with Gasteiger partial charge in [0.1, 0.15) is 5.82 Å². The molecule has 1 aromatic heterocycles. The fourth-order valence-electron chi connectivity index (χ4n) is 6.55. The first-order valence-corrected chi connectivity index (χ1v) is 12.6. The highest BCUT2D eigenvalue weighted by atomic mass is 15.2. The molecule has 2 unspecified atom stereocenters. The van der Waals surface area contributed by atoms with Crippen LogP contribution in [0.3, 0.4) is 0 Å². The predicted molar refractivity (Wildman–Crippen MR) is 144 cm³/mol. The maximum absolute atomic E-state index is 4.80. The minimum absolute atomic E-state index is 0.0993. The third-order valence-electron chi connectivity index (χ3n) is 8.03. The lowest BCUT2D eigenvalue weighted by Gasteiger charge is -2.36. The van der Waals surface area contributed by atoms with Gasteiger partial charge >= 0.3 is 0 Å². The summed E-state index contributed by atoms with van der Waals surface area (Å²) in [4.78, 5) is 9.80. The molecular weight excluding hydrogens is 428 g/mol. The number of likely N-dealkylation sites (N-methyl/N-ethyl adjacent to an activating group) is 1. The number of anilines is 2. The van der Waals surface area contributed by atoms with Crippen LogP contribution in [-0.4, -0.2) is 29.7 Å². The van der Waals surface area contributed by atoms with Gasteiger partial charge in [-0.1, -0.05) is 62.4 Å². The molecule has 0 saturated carbocycles. The second-order valence-corrected chi connectivity index (χ2v) is 10.7. The standard InChI is InChI=1S/C31H30N4/c1-21-17-29-32-15-16-34(29)27-14-7-6-13-26(27)33(3)20-31(2)18-28-30-23(10-8-11-24(30)31)22-9-4-5-12-25(22)35(28)19-21/h4-16,18,21H,17,19-20H2,1-3H3. The van der Waals surface area contributed by atoms with Crippen molar-refractivity contribution in [3.8, 4) is 16.8 Å². The minimum Gasteiger partial charge on any atom is -0.372 e. The summed E-state index contributed by atoms with van der Waals surface area (Å²) in [6, 6.07) is 24.5. The van der Waals surface area contributed by atoms with Gasteiger partial charge in [-0.15, -0.1) is 0 Å². The van der Waals surface area contributed by atoms with E-state index in [9.17, 15) is 0 Å². The van der Waals surface area contributed by atoms with Crippen LogP contribution in [0.25, 0.3) is 22.5 Å². The number of hydrogen-bond acceptors (Lipinski definition) is 3. The van der Waals surface area contributed by atoms with Crippen molar-refractivity contribution >= 4 is 17.1 Å². The second-order valence-electron chi connectivity index (χ2n) is 10.7. The zero-order valence-electron chi connectivity index (χ0n) is 20.6. The molecule has 7 rings (SSSR count). The number of benzene rings is 3. The van der Waals surface area contributed by atoms with E-state index in [0.29, 0.717) is 5.92 Å². The Morgan fingerprint density at radius 1 is 0.886 bits per heavy atom. The normalized spacial score (nSPS) is 22.3. The van der Waals surface area contributed by atoms with E-state index in [-0.39, 0.29) is 5.41 Å². The quantitative estimate of drug-likeness (QED) is 0.309. The average Bonchev–Trinajstić information content (AvgIpc) is 3.44. The summed E-state index contributed by atoms with van der Waals surface area (Å²) in [5.74, 6) is 1.55. The Bertz CT molecular complexity index is 1500. The summed E-state index contributed by atoms with van der Waals surface area (Å²) in [6.45, 7) is 6.61. The Labute approximate surface area is 207 Å². The van der Waals surface area contributed by atoms with Gasteiger partial charge in [0.15, 0.2) is 0 Å². The Morgan fingerprint density at radius 2 is 1.63 bits per heavy atom. The van der Waals surface area contributed by atoms with E-state index in [1.54, 1.807) is 0 Å². The Morgan fingerprint density at radius 3 is 2.49 bits per heavy atom. The van der Waals surface area contributed by atoms with E-state index >= 15 is 0 Å². The highest BCUT2D eigenvalue weighted by molar-refractivity contribution is 6.02. The summed E-state index contributed by atoms with van der Waals surface area (Å²) < 4.78 is 2.29. The van der Waals surface area contributed by atoms with Gasteiger partial charge in [-0.3, -0.25) is 0 Å². The van der Waals surface area contributed by atoms with Gasteiger partial charge in [0.25, 0.3) is 0 Å². The molecular formula is C31H30N4. The molecule has 0 N–H and O–H groups in total. The zero-order valence-corrected chi connectivity index (χ0v) is 20.6. The molecule has 2 atom stereocenters. The Hall–Kier alpha value is -3.79. The molecule has 4 heteroatoms. The maximum atomic E-state index is 4.80. The van der Waals surface area contributed by atoms with Crippen LogP contribution in [0.15, 0.2) is 85.2 Å². The lowest BCUT2D eigenvalue weighted by Crippen LogP contribution is -2.35. The summed E-state index contributed by atoms with van der Waals surface area (Å²) in [6.07, 6.45) is 7.51. The average molecular weight is 459 g/mol. The number of hydrogen-bond donors (Lipinski definition) is 0. The molecule has 174 valence electrons. The largest absolute Gasteiger partial charge is 0.372 e. The molecule has 3 aliphatic rings. The summed E-state index contributed by atoms with van der Waals surface area (Å²) in [5, 5.41) is 0. The number of nitrogens with zero attached hydrogens (tertiary/aromatic N) is 4. The van der Waals surface area contributed by atoms with E-state index in [1.807, 2.05) is 6.20 Å². The van der Waals surface area contributed by atoms with Crippen molar-refractivity contribution in [1.82, 2.24) is 9.55 Å². The molecule has 1 aliphatic carbocycles. The van der Waals surface area contributed by atoms with E-state index < -0.39 is 0 Å². The lowest BCUT2D eigenvalue weighted by molar-refractivity contribution is 0.563. The molecule has 3 aromatic carbocycles. The van der Waals surface area contributed by atoms with Crippen molar-refractivity contribution < 1.29 is 0 Å². The number of fused-ring (bicyclic) bond motifs is 8. The van der Waals surface area contributed by atoms with Gasteiger partial charge in [0.2, 0.25) is 0 Å². The van der Waals surface area contributed by atoms with Crippen LogP contribution in [0, 0.1) is 5.92 Å². The van der Waals surface area contributed by atoms with Crippen LogP contribution in [-0.2, 0) is 11.8 Å². The molecule has 0 saturated heterocycles. The molecule has 0 spiro atoms. The van der Waals surface area contributed by atoms with Crippen LogP contribution in [0.5, 0.6) is 0 Å². The Kier molecular flexibility index (Phi) is 4.32. The van der Waals surface area contributed by atoms with Gasteiger partial charge in [-0.25, -0.2) is 4.98 Å². The van der Waals surface area contributed by atoms with E-state index in [4.69, 9.17) is 4.98 Å². The molecule has 2 bridgehead atoms. The molecule has 3 heterocycles. The van der Waals surface area contributed by atoms with E-state index in [0.717, 1.165) is 25.3 Å². The van der Waals surface area contributed by atoms with Crippen LogP contribution in [0.2, 0.25) is 0 Å². The molecule has 0 fully saturated rings. The fraction of sp³-hybridized carbons (Fsp3) is 0.258. The second kappa shape index (κ2) is 7.35. The van der Waals surface area contributed by atoms with Gasteiger partial charge < -0.3 is 14.4 Å². The van der Waals surface area contributed by atoms with Crippen molar-refractivity contribution in [1.29, 1.82) is 0 Å². The molecule has 4 aromatic rings. The molecule has 0 amide bonds. The predicted octanol–water partition coefficient (Wildman–Crippen LogP) is 6.30. The van der Waals surface area contributed by atoms with Crippen molar-refractivity contribution in [2.75, 3.05) is 29.9 Å². The molecule has 4 nitrogen and oxygen atoms in total. The monoisotopic (exact) mass is 458 g/mol. The SMILES string of the molecule is CC1Cc2nccn2-c2ccccc2N(C)CC2(C)C=C3c4c(cccc42)-c2ccccc2N3C1. The lowest BCUT2D eigenvalue weighted by atomic mass is 9.82. The summed E-state index contributed by atoms with van der Waals surface area (Å²) in [5.41, 5.74) is 10.6. The van der Waals surface area contributed by atoms with Crippen LogP contribution in [0.4, 0.5) is 11.4 Å². The van der Waals surface area contributed by atoms with Crippen LogP contribution >= 0.6 is 0 Å². The van der Waals surface area contributed by atoms with Crippen LogP contribution < -0.4 is 9.80 Å². The van der Waals surface area contributed by atoms with Gasteiger partial charge in [0.05, 0.1) is 11.4 Å². The first-order chi connectivity index (χ1) is 17.0. The van der Waals surface area contributed by atoms with Gasteiger partial charge in [-0.05, 0) is 41.3 Å².